The lowest BCUT2D eigenvalue weighted by atomic mass is 9.91. The minimum absolute atomic E-state index is 0.0690. The average Bonchev–Trinajstić information content (AvgIpc) is 3.27. The Morgan fingerprint density at radius 3 is 2.34 bits per heavy atom. The van der Waals surface area contributed by atoms with Gasteiger partial charge in [0.05, 0.1) is 36.9 Å². The third-order valence-electron chi connectivity index (χ3n) is 8.92. The first-order chi connectivity index (χ1) is 22.1. The summed E-state index contributed by atoms with van der Waals surface area (Å²) >= 11 is 0. The molecular weight excluding hydrogens is 615 g/mol. The SMILES string of the molecule is CCc1ccc(-c2ccc(C)cc2C)cc1-c1cnc(N2CC(F)(F)C2)nc1CN1C(=O)O[C@H](c2cc(C)cc(C(F)(F)F)c2)[C@@H]1C. The van der Waals surface area contributed by atoms with Crippen molar-refractivity contribution in [1.82, 2.24) is 14.9 Å². The fourth-order valence-electron chi connectivity index (χ4n) is 6.46. The van der Waals surface area contributed by atoms with E-state index in [-0.39, 0.29) is 18.1 Å². The molecule has 4 aromatic rings. The summed E-state index contributed by atoms with van der Waals surface area (Å²) in [5.41, 5.74) is 6.97. The van der Waals surface area contributed by atoms with Crippen molar-refractivity contribution in [2.45, 2.75) is 71.8 Å². The highest BCUT2D eigenvalue weighted by atomic mass is 19.4. The van der Waals surface area contributed by atoms with Crippen LogP contribution in [0.1, 0.15) is 59.0 Å². The number of aryl methyl sites for hydroxylation is 4. The van der Waals surface area contributed by atoms with Crippen molar-refractivity contribution in [2.24, 2.45) is 0 Å². The van der Waals surface area contributed by atoms with Gasteiger partial charge in [-0.25, -0.2) is 23.5 Å². The molecule has 1 aromatic heterocycles. The minimum atomic E-state index is -4.56. The molecular formula is C36H35F5N4O2. The first-order valence-electron chi connectivity index (χ1n) is 15.5. The van der Waals surface area contributed by atoms with E-state index in [1.54, 1.807) is 26.1 Å². The Balaban J connectivity index is 1.41. The van der Waals surface area contributed by atoms with Gasteiger partial charge < -0.3 is 9.64 Å². The molecule has 6 nitrogen and oxygen atoms in total. The topological polar surface area (TPSA) is 58.6 Å². The van der Waals surface area contributed by atoms with Crippen LogP contribution in [-0.2, 0) is 23.9 Å². The van der Waals surface area contributed by atoms with Gasteiger partial charge in [-0.2, -0.15) is 13.2 Å². The highest BCUT2D eigenvalue weighted by molar-refractivity contribution is 5.79. The van der Waals surface area contributed by atoms with Crippen LogP contribution >= 0.6 is 0 Å². The van der Waals surface area contributed by atoms with E-state index in [9.17, 15) is 26.7 Å². The summed E-state index contributed by atoms with van der Waals surface area (Å²) in [6.45, 7) is 8.26. The van der Waals surface area contributed by atoms with Gasteiger partial charge in [0.25, 0.3) is 5.92 Å². The van der Waals surface area contributed by atoms with Gasteiger partial charge in [-0.1, -0.05) is 54.4 Å². The van der Waals surface area contributed by atoms with Crippen LogP contribution in [0.4, 0.5) is 32.7 Å². The molecule has 2 saturated heterocycles. The predicted molar refractivity (Wildman–Crippen MR) is 169 cm³/mol. The normalized spacial score (nSPS) is 19.1. The molecule has 0 bridgehead atoms. The molecule has 3 aromatic carbocycles. The third-order valence-corrected chi connectivity index (χ3v) is 8.92. The lowest BCUT2D eigenvalue weighted by Crippen LogP contribution is -2.57. The molecule has 0 N–H and O–H groups in total. The van der Waals surface area contributed by atoms with Crippen LogP contribution in [0, 0.1) is 20.8 Å². The molecule has 0 aliphatic carbocycles. The molecule has 3 heterocycles. The molecule has 246 valence electrons. The van der Waals surface area contributed by atoms with Gasteiger partial charge in [0.1, 0.15) is 6.10 Å². The number of cyclic esters (lactones) is 1. The Morgan fingerprint density at radius 1 is 0.936 bits per heavy atom. The maximum atomic E-state index is 13.8. The van der Waals surface area contributed by atoms with Crippen molar-refractivity contribution in [3.63, 3.8) is 0 Å². The van der Waals surface area contributed by atoms with Crippen LogP contribution in [0.3, 0.4) is 0 Å². The van der Waals surface area contributed by atoms with E-state index in [4.69, 9.17) is 9.72 Å². The molecule has 0 spiro atoms. The maximum absolute atomic E-state index is 13.8. The van der Waals surface area contributed by atoms with Crippen LogP contribution in [0.15, 0.2) is 60.8 Å². The van der Waals surface area contributed by atoms with Gasteiger partial charge in [0.2, 0.25) is 5.95 Å². The number of hydrogen-bond acceptors (Lipinski definition) is 5. The summed E-state index contributed by atoms with van der Waals surface area (Å²) in [5.74, 6) is -2.73. The van der Waals surface area contributed by atoms with E-state index in [2.05, 4.69) is 29.2 Å². The zero-order valence-electron chi connectivity index (χ0n) is 26.8. The van der Waals surface area contributed by atoms with Crippen LogP contribution in [0.2, 0.25) is 0 Å². The number of alkyl halides is 5. The lowest BCUT2D eigenvalue weighted by molar-refractivity contribution is -0.137. The van der Waals surface area contributed by atoms with Crippen molar-refractivity contribution in [1.29, 1.82) is 0 Å². The molecule has 2 aliphatic heterocycles. The second-order valence-corrected chi connectivity index (χ2v) is 12.6. The monoisotopic (exact) mass is 650 g/mol. The number of rotatable bonds is 7. The fourth-order valence-corrected chi connectivity index (χ4v) is 6.46. The van der Waals surface area contributed by atoms with Crippen molar-refractivity contribution in [3.05, 3.63) is 99.9 Å². The molecule has 47 heavy (non-hydrogen) atoms. The van der Waals surface area contributed by atoms with Crippen molar-refractivity contribution in [2.75, 3.05) is 18.0 Å². The van der Waals surface area contributed by atoms with E-state index in [1.807, 2.05) is 32.9 Å². The van der Waals surface area contributed by atoms with Gasteiger partial charge in [0.15, 0.2) is 0 Å². The third kappa shape index (κ3) is 6.40. The number of ether oxygens (including phenoxy) is 1. The van der Waals surface area contributed by atoms with E-state index in [0.717, 1.165) is 45.5 Å². The molecule has 0 unspecified atom stereocenters. The zero-order valence-corrected chi connectivity index (χ0v) is 26.8. The Bertz CT molecular complexity index is 1850. The zero-order chi connectivity index (χ0) is 33.8. The van der Waals surface area contributed by atoms with Crippen LogP contribution in [0.25, 0.3) is 22.3 Å². The molecule has 2 fully saturated rings. The van der Waals surface area contributed by atoms with Crippen molar-refractivity contribution >= 4 is 12.0 Å². The average molecular weight is 651 g/mol. The quantitative estimate of drug-likeness (QED) is 0.187. The number of nitrogens with zero attached hydrogens (tertiary/aromatic N) is 4. The summed E-state index contributed by atoms with van der Waals surface area (Å²) in [7, 11) is 0. The first-order valence-corrected chi connectivity index (χ1v) is 15.5. The lowest BCUT2D eigenvalue weighted by Gasteiger charge is -2.38. The molecule has 1 amide bonds. The summed E-state index contributed by atoms with van der Waals surface area (Å²) in [6.07, 6.45) is -3.94. The van der Waals surface area contributed by atoms with E-state index in [0.29, 0.717) is 23.2 Å². The number of anilines is 1. The largest absolute Gasteiger partial charge is 0.439 e. The molecule has 11 heteroatoms. The van der Waals surface area contributed by atoms with Crippen molar-refractivity contribution < 1.29 is 31.5 Å². The second-order valence-electron chi connectivity index (χ2n) is 12.6. The summed E-state index contributed by atoms with van der Waals surface area (Å²) < 4.78 is 74.1. The van der Waals surface area contributed by atoms with Gasteiger partial charge in [-0.15, -0.1) is 0 Å². The molecule has 6 rings (SSSR count). The van der Waals surface area contributed by atoms with Crippen LogP contribution in [0.5, 0.6) is 0 Å². The number of halogens is 5. The Hall–Kier alpha value is -4.54. The smallest absolute Gasteiger partial charge is 0.416 e. The summed E-state index contributed by atoms with van der Waals surface area (Å²) in [6, 6.07) is 15.4. The van der Waals surface area contributed by atoms with E-state index < -0.39 is 49.0 Å². The summed E-state index contributed by atoms with van der Waals surface area (Å²) in [4.78, 5) is 25.3. The van der Waals surface area contributed by atoms with Gasteiger partial charge in [-0.05, 0) is 85.7 Å². The molecule has 0 radical (unpaired) electrons. The van der Waals surface area contributed by atoms with Crippen LogP contribution in [-0.4, -0.2) is 46.0 Å². The number of carbonyl (C=O) groups excluding carboxylic acids is 1. The van der Waals surface area contributed by atoms with E-state index >= 15 is 0 Å². The van der Waals surface area contributed by atoms with Crippen molar-refractivity contribution in [3.8, 4) is 22.3 Å². The van der Waals surface area contributed by atoms with Crippen LogP contribution < -0.4 is 4.90 Å². The highest BCUT2D eigenvalue weighted by Gasteiger charge is 2.46. The molecule has 2 atom stereocenters. The Labute approximate surface area is 270 Å². The second kappa shape index (κ2) is 11.9. The number of hydrogen-bond donors (Lipinski definition) is 0. The van der Waals surface area contributed by atoms with Gasteiger partial charge >= 0.3 is 12.3 Å². The number of aromatic nitrogens is 2. The number of amides is 1. The van der Waals surface area contributed by atoms with Gasteiger partial charge in [-0.3, -0.25) is 4.90 Å². The number of benzene rings is 3. The maximum Gasteiger partial charge on any atom is 0.416 e. The van der Waals surface area contributed by atoms with E-state index in [1.165, 1.54) is 9.80 Å². The highest BCUT2D eigenvalue weighted by Crippen LogP contribution is 2.40. The Kier molecular flexibility index (Phi) is 8.22. The molecule has 0 saturated carbocycles. The summed E-state index contributed by atoms with van der Waals surface area (Å²) in [5, 5.41) is 0. The van der Waals surface area contributed by atoms with Gasteiger partial charge in [0, 0.05) is 11.8 Å². The standard InChI is InChI=1S/C36H35F5N4O2/c1-6-24-8-9-25(28-10-7-20(2)11-22(28)4)15-29(24)30-16-42-33(44-18-35(37,38)19-44)43-31(30)17-45-23(5)32(47-34(45)46)26-12-21(3)13-27(14-26)36(39,40)41/h7-16,23,32H,6,17-19H2,1-5H3/t23-,32-/m0/s1. The Morgan fingerprint density at radius 2 is 1.68 bits per heavy atom. The number of carbonyl (C=O) groups is 1. The minimum Gasteiger partial charge on any atom is -0.439 e. The first kappa shape index (κ1) is 32.4. The molecule has 2 aliphatic rings. The predicted octanol–water partition coefficient (Wildman–Crippen LogP) is 8.85. The fraction of sp³-hybridized carbons (Fsp3) is 0.361.